The highest BCUT2D eigenvalue weighted by atomic mass is 32.3. The fourth-order valence-electron chi connectivity index (χ4n) is 3.54. The van der Waals surface area contributed by atoms with E-state index in [1.54, 1.807) is 13.0 Å². The molecule has 1 atom stereocenters. The Labute approximate surface area is 216 Å². The number of phenols is 1. The van der Waals surface area contributed by atoms with Crippen molar-refractivity contribution < 1.29 is 34.8 Å². The number of nitrogens with two attached hydrogens (primary N) is 1. The number of aliphatic imine (C=N–C) groups is 1. The lowest BCUT2D eigenvalue weighted by molar-refractivity contribution is 0.392. The molecular formula is C21H29N5O8S3. The lowest BCUT2D eigenvalue weighted by atomic mass is 10.0. The van der Waals surface area contributed by atoms with Crippen molar-refractivity contribution >= 4 is 41.6 Å². The summed E-state index contributed by atoms with van der Waals surface area (Å²) < 4.78 is 83.1. The van der Waals surface area contributed by atoms with Gasteiger partial charge in [0.05, 0.1) is 5.69 Å². The van der Waals surface area contributed by atoms with Gasteiger partial charge in [-0.05, 0) is 43.5 Å². The third-order valence-electron chi connectivity index (χ3n) is 5.57. The molecule has 0 spiro atoms. The predicted molar refractivity (Wildman–Crippen MR) is 138 cm³/mol. The van der Waals surface area contributed by atoms with Crippen molar-refractivity contribution in [3.05, 3.63) is 51.3 Å². The minimum atomic E-state index is -4.85. The van der Waals surface area contributed by atoms with Crippen LogP contribution < -0.4 is 15.2 Å². The molecule has 0 aliphatic carbocycles. The number of furan rings is 1. The van der Waals surface area contributed by atoms with Crippen LogP contribution in [0.1, 0.15) is 37.0 Å². The van der Waals surface area contributed by atoms with E-state index in [0.29, 0.717) is 11.5 Å². The largest absolute Gasteiger partial charge is 0.504 e. The standard InChI is InChI=1S/C21H29N5O8S3/c1-11(2)17(15-10-12(3)13(4)34-15)24-20-18(21(35(22,28)29)36(30,31)25-20)23-14-8-7-9-16(19(14)27)37(32,33)26(5)6/h7-11,17,23,27H,1-6H3,(H,24,25)(H2,22,28,29)/t17-/m1/s1. The summed E-state index contributed by atoms with van der Waals surface area (Å²) in [6.07, 6.45) is 0. The van der Waals surface area contributed by atoms with E-state index >= 15 is 0 Å². The van der Waals surface area contributed by atoms with Crippen LogP contribution in [0.3, 0.4) is 0 Å². The number of para-hydroxylation sites is 1. The van der Waals surface area contributed by atoms with Gasteiger partial charge in [0.1, 0.15) is 28.2 Å². The first-order valence-corrected chi connectivity index (χ1v) is 15.3. The molecule has 0 amide bonds. The molecule has 2 heterocycles. The number of amidine groups is 1. The number of sulfonamides is 3. The van der Waals surface area contributed by atoms with Gasteiger partial charge in [0.15, 0.2) is 11.6 Å². The van der Waals surface area contributed by atoms with Crippen LogP contribution in [-0.2, 0) is 30.1 Å². The van der Waals surface area contributed by atoms with Gasteiger partial charge in [0, 0.05) is 14.1 Å². The van der Waals surface area contributed by atoms with Crippen LogP contribution >= 0.6 is 0 Å². The Morgan fingerprint density at radius 3 is 2.27 bits per heavy atom. The topological polar surface area (TPSA) is 201 Å². The second-order valence-corrected chi connectivity index (χ2v) is 14.4. The summed E-state index contributed by atoms with van der Waals surface area (Å²) >= 11 is 0. The van der Waals surface area contributed by atoms with Gasteiger partial charge in [-0.15, -0.1) is 0 Å². The summed E-state index contributed by atoms with van der Waals surface area (Å²) in [5, 5.41) is 18.5. The third-order valence-corrected chi connectivity index (χ3v) is 10.6. The second-order valence-electron chi connectivity index (χ2n) is 8.93. The van der Waals surface area contributed by atoms with Crippen molar-refractivity contribution in [2.75, 3.05) is 19.4 Å². The van der Waals surface area contributed by atoms with Crippen LogP contribution in [0.5, 0.6) is 5.75 Å². The van der Waals surface area contributed by atoms with E-state index in [0.717, 1.165) is 15.9 Å². The Kier molecular flexibility index (Phi) is 7.55. The normalized spacial score (nSPS) is 18.0. The zero-order valence-electron chi connectivity index (χ0n) is 21.0. The highest BCUT2D eigenvalue weighted by molar-refractivity contribution is 8.13. The molecule has 16 heteroatoms. The minimum absolute atomic E-state index is 0.219. The van der Waals surface area contributed by atoms with Gasteiger partial charge >= 0.3 is 0 Å². The zero-order valence-corrected chi connectivity index (χ0v) is 23.4. The number of benzene rings is 1. The SMILES string of the molecule is Cc1cc([C@H](N=C2NS(=O)(=O)C(S(N)(=O)=O)=C2Nc2cccc(S(=O)(=O)N(C)C)c2O)C(C)C)oc1C. The Balaban J connectivity index is 2.26. The molecule has 204 valence electrons. The van der Waals surface area contributed by atoms with Gasteiger partial charge < -0.3 is 14.8 Å². The van der Waals surface area contributed by atoms with E-state index in [2.05, 4.69) is 15.0 Å². The molecule has 3 rings (SSSR count). The number of phenolic OH excluding ortho intramolecular Hbond substituents is 1. The first-order chi connectivity index (χ1) is 16.9. The van der Waals surface area contributed by atoms with Gasteiger partial charge in [-0.1, -0.05) is 19.9 Å². The Bertz CT molecular complexity index is 1600. The molecule has 0 saturated heterocycles. The van der Waals surface area contributed by atoms with Gasteiger partial charge in [0.2, 0.25) is 14.3 Å². The average molecular weight is 576 g/mol. The number of hydrogen-bond donors (Lipinski definition) is 4. The summed E-state index contributed by atoms with van der Waals surface area (Å²) in [7, 11) is -11.1. The molecule has 5 N–H and O–H groups in total. The molecule has 1 aromatic heterocycles. The van der Waals surface area contributed by atoms with Crippen molar-refractivity contribution in [1.82, 2.24) is 9.03 Å². The summed E-state index contributed by atoms with van der Waals surface area (Å²) in [5.74, 6) is -0.338. The van der Waals surface area contributed by atoms with Crippen molar-refractivity contribution in [1.29, 1.82) is 0 Å². The first kappa shape index (κ1) is 28.6. The molecule has 0 fully saturated rings. The van der Waals surface area contributed by atoms with E-state index in [-0.39, 0.29) is 11.6 Å². The Morgan fingerprint density at radius 2 is 1.78 bits per heavy atom. The fraction of sp³-hybridized carbons (Fsp3) is 0.381. The van der Waals surface area contributed by atoms with Crippen molar-refractivity contribution in [3.8, 4) is 5.75 Å². The molecule has 1 aliphatic rings. The third kappa shape index (κ3) is 5.52. The summed E-state index contributed by atoms with van der Waals surface area (Å²) in [4.78, 5) is 3.96. The Morgan fingerprint density at radius 1 is 1.16 bits per heavy atom. The predicted octanol–water partition coefficient (Wildman–Crippen LogP) is 1.45. The maximum Gasteiger partial charge on any atom is 0.277 e. The molecule has 13 nitrogen and oxygen atoms in total. The smallest absolute Gasteiger partial charge is 0.277 e. The highest BCUT2D eigenvalue weighted by Gasteiger charge is 2.42. The lowest BCUT2D eigenvalue weighted by Crippen LogP contribution is -2.28. The monoisotopic (exact) mass is 575 g/mol. The van der Waals surface area contributed by atoms with Crippen molar-refractivity contribution in [2.45, 2.75) is 38.6 Å². The number of aromatic hydroxyl groups is 1. The number of hydrogen-bond acceptors (Lipinski definition) is 10. The molecule has 0 saturated carbocycles. The highest BCUT2D eigenvalue weighted by Crippen LogP contribution is 2.36. The number of nitrogens with zero attached hydrogens (tertiary/aromatic N) is 2. The van der Waals surface area contributed by atoms with E-state index in [4.69, 9.17) is 9.56 Å². The van der Waals surface area contributed by atoms with Crippen molar-refractivity contribution in [2.24, 2.45) is 16.0 Å². The van der Waals surface area contributed by atoms with Crippen LogP contribution in [-0.4, -0.2) is 54.6 Å². The maximum absolute atomic E-state index is 12.8. The van der Waals surface area contributed by atoms with E-state index < -0.39 is 62.5 Å². The zero-order chi connectivity index (χ0) is 28.1. The molecule has 0 bridgehead atoms. The molecular weight excluding hydrogens is 546 g/mol. The molecule has 1 aliphatic heterocycles. The average Bonchev–Trinajstić information content (AvgIpc) is 3.21. The summed E-state index contributed by atoms with van der Waals surface area (Å²) in [6.45, 7) is 7.20. The maximum atomic E-state index is 12.8. The van der Waals surface area contributed by atoms with Crippen LogP contribution in [0.2, 0.25) is 0 Å². The number of primary sulfonamides is 1. The molecule has 0 unspecified atom stereocenters. The summed E-state index contributed by atoms with van der Waals surface area (Å²) in [6, 6.07) is 4.66. The minimum Gasteiger partial charge on any atom is -0.504 e. The Hall–Kier alpha value is -2.92. The second kappa shape index (κ2) is 9.75. The molecule has 1 aromatic carbocycles. The molecule has 37 heavy (non-hydrogen) atoms. The number of anilines is 1. The van der Waals surface area contributed by atoms with Crippen LogP contribution in [0.4, 0.5) is 5.69 Å². The van der Waals surface area contributed by atoms with E-state index in [9.17, 15) is 30.4 Å². The molecule has 2 aromatic rings. The van der Waals surface area contributed by atoms with Gasteiger partial charge in [-0.2, -0.15) is 0 Å². The van der Waals surface area contributed by atoms with Crippen LogP contribution in [0, 0.1) is 19.8 Å². The van der Waals surface area contributed by atoms with E-state index in [1.165, 1.54) is 26.2 Å². The molecule has 0 radical (unpaired) electrons. The van der Waals surface area contributed by atoms with Crippen LogP contribution in [0.25, 0.3) is 0 Å². The summed E-state index contributed by atoms with van der Waals surface area (Å²) in [5.41, 5.74) is -0.0323. The van der Waals surface area contributed by atoms with Crippen LogP contribution in [0.15, 0.2) is 48.5 Å². The van der Waals surface area contributed by atoms with Gasteiger partial charge in [0.25, 0.3) is 20.0 Å². The first-order valence-electron chi connectivity index (χ1n) is 10.8. The van der Waals surface area contributed by atoms with E-state index in [1.807, 2.05) is 20.8 Å². The fourth-order valence-corrected chi connectivity index (χ4v) is 7.24. The number of aryl methyl sites for hydroxylation is 2. The number of rotatable bonds is 8. The lowest BCUT2D eigenvalue weighted by Gasteiger charge is -2.18. The van der Waals surface area contributed by atoms with Gasteiger partial charge in [-0.25, -0.2) is 34.7 Å². The number of nitrogens with one attached hydrogen (secondary N) is 2. The van der Waals surface area contributed by atoms with Gasteiger partial charge in [-0.3, -0.25) is 9.71 Å². The quantitative estimate of drug-likeness (QED) is 0.336. The van der Waals surface area contributed by atoms with Crippen molar-refractivity contribution in [3.63, 3.8) is 0 Å².